The number of ether oxygens (including phenoxy) is 1. The van der Waals surface area contributed by atoms with Crippen molar-refractivity contribution in [2.75, 3.05) is 16.5 Å². The molecule has 10 aromatic carbocycles. The summed E-state index contributed by atoms with van der Waals surface area (Å²) in [6, 6.07) is 80.3. The molecule has 6 heteroatoms. The van der Waals surface area contributed by atoms with Gasteiger partial charge in [-0.1, -0.05) is 223 Å². The summed E-state index contributed by atoms with van der Waals surface area (Å²) in [5, 5.41) is 2.28. The van der Waals surface area contributed by atoms with Gasteiger partial charge in [0.15, 0.2) is 0 Å². The number of pyridine rings is 1. The molecule has 0 amide bonds. The predicted molar refractivity (Wildman–Crippen MR) is 379 cm³/mol. The van der Waals surface area contributed by atoms with Gasteiger partial charge in [0, 0.05) is 45.9 Å². The zero-order chi connectivity index (χ0) is 63.0. The van der Waals surface area contributed by atoms with Crippen LogP contribution in [0.2, 0.25) is 0 Å². The molecule has 0 saturated heterocycles. The Balaban J connectivity index is 1.04. The molecule has 0 aliphatic carbocycles. The number of fused-ring (bicyclic) bond motifs is 4. The van der Waals surface area contributed by atoms with Crippen molar-refractivity contribution < 1.29 is 9.13 Å². The van der Waals surface area contributed by atoms with Crippen molar-refractivity contribution in [3.8, 4) is 73.0 Å². The van der Waals surface area contributed by atoms with Crippen molar-refractivity contribution in [2.24, 2.45) is 0 Å². The number of nitrogens with zero attached hydrogens (tertiary/aromatic N) is 4. The van der Waals surface area contributed by atoms with Gasteiger partial charge in [-0.2, -0.15) is 0 Å². The van der Waals surface area contributed by atoms with Crippen LogP contribution >= 0.6 is 0 Å². The SMILES string of the molecule is CC(C)c1cc(-c2ccccc2)cc(C(C)C)c1-c1cc(Oc2ccc3c4ccccc4n(-c4cc(C(C)(C)C)ccn4)c3c2)cc(N2CN(c3c(-c4ccc(F)cc4)cc(-c4ccccc4)cc3-c3cc(C(C)(C)C)cc(C(C)(C)C)c3)c3ccccc32)c1. The van der Waals surface area contributed by atoms with E-state index in [1.54, 1.807) is 12.1 Å². The highest BCUT2D eigenvalue weighted by atomic mass is 19.1. The van der Waals surface area contributed by atoms with Crippen molar-refractivity contribution in [3.05, 3.63) is 264 Å². The lowest BCUT2D eigenvalue weighted by Gasteiger charge is -2.30. The summed E-state index contributed by atoms with van der Waals surface area (Å²) in [4.78, 5) is 9.97. The first-order valence-electron chi connectivity index (χ1n) is 31.9. The first kappa shape index (κ1) is 59.4. The van der Waals surface area contributed by atoms with Gasteiger partial charge in [-0.15, -0.1) is 0 Å². The van der Waals surface area contributed by atoms with Crippen LogP contribution in [0.5, 0.6) is 11.5 Å². The number of halogens is 1. The topological polar surface area (TPSA) is 33.5 Å². The van der Waals surface area contributed by atoms with E-state index in [-0.39, 0.29) is 33.9 Å². The van der Waals surface area contributed by atoms with Crippen LogP contribution in [0.25, 0.3) is 83.3 Å². The molecule has 0 N–H and O–H groups in total. The van der Waals surface area contributed by atoms with Crippen LogP contribution in [0.1, 0.15) is 130 Å². The third-order valence-corrected chi connectivity index (χ3v) is 18.1. The van der Waals surface area contributed by atoms with E-state index in [0.717, 1.165) is 101 Å². The molecular weight excluding hydrogens is 1100 g/mol. The summed E-state index contributed by atoms with van der Waals surface area (Å²) >= 11 is 0. The van der Waals surface area contributed by atoms with Crippen molar-refractivity contribution in [2.45, 2.75) is 118 Å². The van der Waals surface area contributed by atoms with E-state index in [9.17, 15) is 0 Å². The van der Waals surface area contributed by atoms with E-state index in [1.807, 2.05) is 18.3 Å². The van der Waals surface area contributed by atoms with Crippen LogP contribution in [-0.4, -0.2) is 16.2 Å². The highest BCUT2D eigenvalue weighted by Crippen LogP contribution is 2.54. The molecule has 1 aliphatic rings. The summed E-state index contributed by atoms with van der Waals surface area (Å²) in [5.74, 6) is 2.43. The van der Waals surface area contributed by atoms with Gasteiger partial charge >= 0.3 is 0 Å². The molecule has 3 heterocycles. The number of rotatable bonds is 12. The second-order valence-electron chi connectivity index (χ2n) is 28.3. The van der Waals surface area contributed by atoms with E-state index in [4.69, 9.17) is 9.72 Å². The molecular formula is C84H81FN4O. The van der Waals surface area contributed by atoms with E-state index in [0.29, 0.717) is 6.67 Å². The Morgan fingerprint density at radius 3 is 1.56 bits per heavy atom. The van der Waals surface area contributed by atoms with Crippen molar-refractivity contribution in [1.82, 2.24) is 9.55 Å². The number of para-hydroxylation sites is 3. The smallest absolute Gasteiger partial charge is 0.137 e. The molecule has 0 atom stereocenters. The van der Waals surface area contributed by atoms with Gasteiger partial charge < -0.3 is 14.5 Å². The Morgan fingerprint density at radius 1 is 0.411 bits per heavy atom. The second-order valence-corrected chi connectivity index (χ2v) is 28.3. The zero-order valence-corrected chi connectivity index (χ0v) is 54.4. The minimum atomic E-state index is -0.274. The fraction of sp³-hybridized carbons (Fsp3) is 0.226. The Kier molecular flexibility index (Phi) is 15.3. The summed E-state index contributed by atoms with van der Waals surface area (Å²) in [6.45, 7) is 30.3. The van der Waals surface area contributed by atoms with Crippen LogP contribution in [0.3, 0.4) is 0 Å². The predicted octanol–water partition coefficient (Wildman–Crippen LogP) is 23.8. The maximum Gasteiger partial charge on any atom is 0.137 e. The lowest BCUT2D eigenvalue weighted by molar-refractivity contribution is 0.483. The van der Waals surface area contributed by atoms with Crippen LogP contribution in [-0.2, 0) is 16.2 Å². The summed E-state index contributed by atoms with van der Waals surface area (Å²) < 4.78 is 24.9. The number of hydrogen-bond donors (Lipinski definition) is 0. The van der Waals surface area contributed by atoms with E-state index in [2.05, 4.69) is 305 Å². The maximum absolute atomic E-state index is 15.2. The van der Waals surface area contributed by atoms with Gasteiger partial charge in [0.1, 0.15) is 29.8 Å². The molecule has 0 radical (unpaired) electrons. The average molecular weight is 1180 g/mol. The number of hydrogen-bond acceptors (Lipinski definition) is 4. The second kappa shape index (κ2) is 23.1. The molecule has 0 spiro atoms. The molecule has 0 bridgehead atoms. The first-order valence-corrected chi connectivity index (χ1v) is 31.9. The van der Waals surface area contributed by atoms with Gasteiger partial charge in [0.25, 0.3) is 0 Å². The molecule has 5 nitrogen and oxygen atoms in total. The van der Waals surface area contributed by atoms with Crippen LogP contribution in [0, 0.1) is 5.82 Å². The maximum atomic E-state index is 15.2. The highest BCUT2D eigenvalue weighted by molar-refractivity contribution is 6.09. The summed E-state index contributed by atoms with van der Waals surface area (Å²) in [5.41, 5.74) is 23.3. The van der Waals surface area contributed by atoms with Crippen LogP contribution in [0.15, 0.2) is 231 Å². The Morgan fingerprint density at radius 2 is 0.956 bits per heavy atom. The Labute approximate surface area is 532 Å². The standard InChI is InChI=1S/C84H81FN4O/c1-53(2)71-44-58(55-24-16-14-17-25-55)45-72(54(3)4)80(71)61-42-66(50-68(43-61)90-67-36-37-70-69-28-20-21-29-75(69)89(78(70)51-67)79-49-62(38-39-86-79)82(5,6)7)87-52-88(77-31-23-22-30-76(77)87)81-73(57-32-34-65(85)35-33-57)46-59(56-26-18-15-19-27-56)47-74(81)60-40-63(83(8,9)10)48-64(41-60)84(11,12)13/h14-51,53-54H,52H2,1-13H3. The lowest BCUT2D eigenvalue weighted by Crippen LogP contribution is -2.25. The minimum Gasteiger partial charge on any atom is -0.457 e. The minimum absolute atomic E-state index is 0.0680. The van der Waals surface area contributed by atoms with E-state index < -0.39 is 0 Å². The lowest BCUT2D eigenvalue weighted by atomic mass is 9.78. The van der Waals surface area contributed by atoms with Gasteiger partial charge in [-0.25, -0.2) is 9.37 Å². The monoisotopic (exact) mass is 1180 g/mol. The molecule has 13 rings (SSSR count). The normalized spacial score (nSPS) is 12.9. The van der Waals surface area contributed by atoms with Gasteiger partial charge in [0.2, 0.25) is 0 Å². The third-order valence-electron chi connectivity index (χ3n) is 18.1. The quantitative estimate of drug-likeness (QED) is 0.122. The largest absolute Gasteiger partial charge is 0.457 e. The van der Waals surface area contributed by atoms with Crippen molar-refractivity contribution in [3.63, 3.8) is 0 Å². The van der Waals surface area contributed by atoms with Gasteiger partial charge in [0.05, 0.1) is 28.1 Å². The average Bonchev–Trinajstić information content (AvgIpc) is 1.42. The van der Waals surface area contributed by atoms with Gasteiger partial charge in [-0.3, -0.25) is 4.57 Å². The highest BCUT2D eigenvalue weighted by Gasteiger charge is 2.34. The fourth-order valence-corrected chi connectivity index (χ4v) is 13.1. The van der Waals surface area contributed by atoms with E-state index >= 15 is 4.39 Å². The number of aromatic nitrogens is 2. The molecule has 0 unspecified atom stereocenters. The molecule has 0 saturated carbocycles. The molecule has 1 aliphatic heterocycles. The molecule has 12 aromatic rings. The van der Waals surface area contributed by atoms with Gasteiger partial charge in [-0.05, 0) is 179 Å². The first-order chi connectivity index (χ1) is 43.0. The fourth-order valence-electron chi connectivity index (χ4n) is 13.1. The molecule has 450 valence electrons. The van der Waals surface area contributed by atoms with E-state index in [1.165, 1.54) is 44.5 Å². The Hall–Kier alpha value is -9.52. The molecule has 90 heavy (non-hydrogen) atoms. The number of benzene rings is 10. The Bertz CT molecular complexity index is 4610. The summed E-state index contributed by atoms with van der Waals surface area (Å²) in [6.07, 6.45) is 1.93. The molecule has 2 aromatic heterocycles. The van der Waals surface area contributed by atoms with Crippen molar-refractivity contribution in [1.29, 1.82) is 0 Å². The number of anilines is 4. The zero-order valence-electron chi connectivity index (χ0n) is 54.4. The third kappa shape index (κ3) is 11.4. The molecule has 0 fully saturated rings. The summed E-state index contributed by atoms with van der Waals surface area (Å²) in [7, 11) is 0. The van der Waals surface area contributed by atoms with Crippen molar-refractivity contribution >= 4 is 44.6 Å². The van der Waals surface area contributed by atoms with Crippen LogP contribution < -0.4 is 14.5 Å². The van der Waals surface area contributed by atoms with Crippen LogP contribution in [0.4, 0.5) is 27.1 Å².